The molecule has 0 bridgehead atoms. The molecule has 1 aromatic rings. The van der Waals surface area contributed by atoms with Gasteiger partial charge in [-0.15, -0.1) is 0 Å². The van der Waals surface area contributed by atoms with Crippen LogP contribution in [-0.2, 0) is 4.74 Å². The number of hydrogen-bond donors (Lipinski definition) is 2. The minimum Gasteiger partial charge on any atom is -0.493 e. The van der Waals surface area contributed by atoms with E-state index in [0.29, 0.717) is 12.2 Å². The second-order valence-corrected chi connectivity index (χ2v) is 4.22. The molecule has 98 valence electrons. The fourth-order valence-electron chi connectivity index (χ4n) is 1.83. The normalized spacial score (nSPS) is 19.4. The van der Waals surface area contributed by atoms with E-state index in [1.165, 1.54) is 0 Å². The first kappa shape index (κ1) is 12.9. The van der Waals surface area contributed by atoms with Crippen LogP contribution in [0.3, 0.4) is 0 Å². The molecule has 1 atom stereocenters. The van der Waals surface area contributed by atoms with Crippen molar-refractivity contribution in [2.75, 3.05) is 26.3 Å². The third kappa shape index (κ3) is 3.72. The van der Waals surface area contributed by atoms with Gasteiger partial charge in [0.15, 0.2) is 0 Å². The molecule has 1 aromatic carbocycles. The average Bonchev–Trinajstić information content (AvgIpc) is 2.40. The molecule has 18 heavy (non-hydrogen) atoms. The van der Waals surface area contributed by atoms with E-state index in [-0.39, 0.29) is 6.10 Å². The van der Waals surface area contributed by atoms with Crippen LogP contribution in [0.15, 0.2) is 24.3 Å². The van der Waals surface area contributed by atoms with E-state index < -0.39 is 5.91 Å². The molecule has 1 aliphatic rings. The number of primary amides is 1. The van der Waals surface area contributed by atoms with E-state index in [2.05, 4.69) is 5.32 Å². The molecular formula is C13H18N2O3. The summed E-state index contributed by atoms with van der Waals surface area (Å²) in [5.41, 5.74) is 5.65. The highest BCUT2D eigenvalue weighted by Crippen LogP contribution is 2.13. The Morgan fingerprint density at radius 1 is 1.44 bits per heavy atom. The number of rotatable bonds is 5. The standard InChI is InChI=1S/C13H18N2O3/c14-13(16)10-1-3-11(4-2-10)17-7-5-12-9-15-6-8-18-12/h1-4,12,15H,5-9H2,(H2,14,16). The molecule has 1 heterocycles. The maximum absolute atomic E-state index is 10.9. The summed E-state index contributed by atoms with van der Waals surface area (Å²) in [5, 5.41) is 3.27. The van der Waals surface area contributed by atoms with Gasteiger partial charge in [0.25, 0.3) is 0 Å². The van der Waals surface area contributed by atoms with Crippen LogP contribution in [0.1, 0.15) is 16.8 Å². The highest BCUT2D eigenvalue weighted by Gasteiger charge is 2.12. The van der Waals surface area contributed by atoms with Crippen LogP contribution in [-0.4, -0.2) is 38.3 Å². The molecular weight excluding hydrogens is 232 g/mol. The van der Waals surface area contributed by atoms with Gasteiger partial charge >= 0.3 is 0 Å². The van der Waals surface area contributed by atoms with Gasteiger partial charge in [0, 0.05) is 25.1 Å². The predicted molar refractivity (Wildman–Crippen MR) is 67.7 cm³/mol. The summed E-state index contributed by atoms with van der Waals surface area (Å²) >= 11 is 0. The molecule has 2 rings (SSSR count). The van der Waals surface area contributed by atoms with Crippen LogP contribution in [0.5, 0.6) is 5.75 Å². The van der Waals surface area contributed by atoms with Crippen molar-refractivity contribution in [3.8, 4) is 5.75 Å². The Morgan fingerprint density at radius 3 is 2.83 bits per heavy atom. The van der Waals surface area contributed by atoms with Crippen molar-refractivity contribution in [1.29, 1.82) is 0 Å². The molecule has 1 saturated heterocycles. The average molecular weight is 250 g/mol. The van der Waals surface area contributed by atoms with Gasteiger partial charge in [0.1, 0.15) is 5.75 Å². The Hall–Kier alpha value is -1.59. The van der Waals surface area contributed by atoms with Crippen molar-refractivity contribution >= 4 is 5.91 Å². The van der Waals surface area contributed by atoms with Gasteiger partial charge in [0.2, 0.25) is 5.91 Å². The van der Waals surface area contributed by atoms with Gasteiger partial charge in [-0.2, -0.15) is 0 Å². The maximum atomic E-state index is 10.9. The molecule has 0 aromatic heterocycles. The Balaban J connectivity index is 1.74. The highest BCUT2D eigenvalue weighted by atomic mass is 16.5. The van der Waals surface area contributed by atoms with Crippen molar-refractivity contribution in [2.24, 2.45) is 5.73 Å². The van der Waals surface area contributed by atoms with Crippen molar-refractivity contribution < 1.29 is 14.3 Å². The van der Waals surface area contributed by atoms with Crippen molar-refractivity contribution in [1.82, 2.24) is 5.32 Å². The van der Waals surface area contributed by atoms with Crippen LogP contribution < -0.4 is 15.8 Å². The second-order valence-electron chi connectivity index (χ2n) is 4.22. The van der Waals surface area contributed by atoms with Crippen LogP contribution >= 0.6 is 0 Å². The van der Waals surface area contributed by atoms with Gasteiger partial charge in [-0.1, -0.05) is 0 Å². The monoisotopic (exact) mass is 250 g/mol. The summed E-state index contributed by atoms with van der Waals surface area (Å²) in [6.45, 7) is 3.16. The lowest BCUT2D eigenvalue weighted by molar-refractivity contribution is 0.0159. The fraction of sp³-hybridized carbons (Fsp3) is 0.462. The van der Waals surface area contributed by atoms with Crippen LogP contribution in [0, 0.1) is 0 Å². The second kappa shape index (κ2) is 6.37. The summed E-state index contributed by atoms with van der Waals surface area (Å²) in [6, 6.07) is 6.83. The van der Waals surface area contributed by atoms with Crippen molar-refractivity contribution in [2.45, 2.75) is 12.5 Å². The molecule has 1 amide bonds. The van der Waals surface area contributed by atoms with E-state index in [0.717, 1.165) is 31.9 Å². The molecule has 1 unspecified atom stereocenters. The van der Waals surface area contributed by atoms with E-state index in [1.54, 1.807) is 24.3 Å². The van der Waals surface area contributed by atoms with Crippen molar-refractivity contribution in [3.05, 3.63) is 29.8 Å². The maximum Gasteiger partial charge on any atom is 0.248 e. The molecule has 1 fully saturated rings. The summed E-state index contributed by atoms with van der Waals surface area (Å²) < 4.78 is 11.1. The number of hydrogen-bond acceptors (Lipinski definition) is 4. The first-order valence-corrected chi connectivity index (χ1v) is 6.10. The van der Waals surface area contributed by atoms with Gasteiger partial charge < -0.3 is 20.5 Å². The van der Waals surface area contributed by atoms with E-state index in [4.69, 9.17) is 15.2 Å². The summed E-state index contributed by atoms with van der Waals surface area (Å²) in [4.78, 5) is 10.9. The fourth-order valence-corrected chi connectivity index (χ4v) is 1.83. The summed E-state index contributed by atoms with van der Waals surface area (Å²) in [5.74, 6) is 0.312. The Labute approximate surface area is 106 Å². The lowest BCUT2D eigenvalue weighted by Gasteiger charge is -2.23. The van der Waals surface area contributed by atoms with Gasteiger partial charge in [0.05, 0.1) is 19.3 Å². The lowest BCUT2D eigenvalue weighted by atomic mass is 10.2. The number of ether oxygens (including phenoxy) is 2. The third-order valence-corrected chi connectivity index (χ3v) is 2.85. The number of morpholine rings is 1. The van der Waals surface area contributed by atoms with E-state index >= 15 is 0 Å². The Kier molecular flexibility index (Phi) is 4.55. The molecule has 5 nitrogen and oxygen atoms in total. The van der Waals surface area contributed by atoms with Gasteiger partial charge in [-0.25, -0.2) is 0 Å². The van der Waals surface area contributed by atoms with E-state index in [9.17, 15) is 4.79 Å². The zero-order valence-corrected chi connectivity index (χ0v) is 10.2. The number of nitrogens with one attached hydrogen (secondary N) is 1. The first-order chi connectivity index (χ1) is 8.75. The van der Waals surface area contributed by atoms with Gasteiger partial charge in [-0.05, 0) is 24.3 Å². The molecule has 5 heteroatoms. The smallest absolute Gasteiger partial charge is 0.248 e. The highest BCUT2D eigenvalue weighted by molar-refractivity contribution is 5.92. The molecule has 0 aliphatic carbocycles. The molecule has 3 N–H and O–H groups in total. The summed E-state index contributed by atoms with van der Waals surface area (Å²) in [7, 11) is 0. The predicted octanol–water partition coefficient (Wildman–Crippen LogP) is 0.543. The molecule has 0 spiro atoms. The number of carbonyl (C=O) groups is 1. The third-order valence-electron chi connectivity index (χ3n) is 2.85. The first-order valence-electron chi connectivity index (χ1n) is 6.10. The Bertz CT molecular complexity index is 386. The minimum atomic E-state index is -0.428. The molecule has 0 saturated carbocycles. The lowest BCUT2D eigenvalue weighted by Crippen LogP contribution is -2.39. The quantitative estimate of drug-likeness (QED) is 0.800. The van der Waals surface area contributed by atoms with Crippen LogP contribution in [0.2, 0.25) is 0 Å². The molecule has 1 aliphatic heterocycles. The van der Waals surface area contributed by atoms with Crippen LogP contribution in [0.25, 0.3) is 0 Å². The summed E-state index contributed by atoms with van der Waals surface area (Å²) in [6.07, 6.45) is 1.08. The zero-order valence-electron chi connectivity index (χ0n) is 10.2. The Morgan fingerprint density at radius 2 is 2.22 bits per heavy atom. The number of carbonyl (C=O) groups excluding carboxylic acids is 1. The van der Waals surface area contributed by atoms with Crippen molar-refractivity contribution in [3.63, 3.8) is 0 Å². The zero-order chi connectivity index (χ0) is 12.8. The topological polar surface area (TPSA) is 73.6 Å². The largest absolute Gasteiger partial charge is 0.493 e. The van der Waals surface area contributed by atoms with E-state index in [1.807, 2.05) is 0 Å². The number of nitrogens with two attached hydrogens (primary N) is 1. The minimum absolute atomic E-state index is 0.226. The number of benzene rings is 1. The number of amides is 1. The van der Waals surface area contributed by atoms with Crippen LogP contribution in [0.4, 0.5) is 0 Å². The molecule has 0 radical (unpaired) electrons. The SMILES string of the molecule is NC(=O)c1ccc(OCCC2CNCCO2)cc1. The van der Waals surface area contributed by atoms with Gasteiger partial charge in [-0.3, -0.25) is 4.79 Å².